The molecule has 0 bridgehead atoms. The minimum Gasteiger partial charge on any atom is -0.496 e. The Bertz CT molecular complexity index is 476. The van der Waals surface area contributed by atoms with E-state index in [-0.39, 0.29) is 16.9 Å². The van der Waals surface area contributed by atoms with E-state index in [2.05, 4.69) is 6.58 Å². The summed E-state index contributed by atoms with van der Waals surface area (Å²) in [5.74, 6) is -2.24. The molecule has 0 heterocycles. The monoisotopic (exact) mass is 236 g/mol. The van der Waals surface area contributed by atoms with Crippen LogP contribution in [0.2, 0.25) is 0 Å². The van der Waals surface area contributed by atoms with Gasteiger partial charge in [0, 0.05) is 0 Å². The molecule has 0 radical (unpaired) electrons. The molecule has 0 saturated heterocycles. The van der Waals surface area contributed by atoms with Crippen LogP contribution in [0, 0.1) is 0 Å². The number of aromatic carboxylic acids is 2. The van der Waals surface area contributed by atoms with E-state index in [9.17, 15) is 9.59 Å². The van der Waals surface area contributed by atoms with Gasteiger partial charge in [-0.05, 0) is 24.1 Å². The van der Waals surface area contributed by atoms with Crippen molar-refractivity contribution < 1.29 is 24.5 Å². The third-order valence-electron chi connectivity index (χ3n) is 2.21. The van der Waals surface area contributed by atoms with Crippen molar-refractivity contribution in [2.75, 3.05) is 7.11 Å². The molecule has 1 aromatic rings. The van der Waals surface area contributed by atoms with Gasteiger partial charge in [-0.3, -0.25) is 0 Å². The summed E-state index contributed by atoms with van der Waals surface area (Å²) in [7, 11) is 1.34. The first-order valence-corrected chi connectivity index (χ1v) is 4.79. The second-order valence-corrected chi connectivity index (χ2v) is 3.32. The van der Waals surface area contributed by atoms with Crippen LogP contribution in [-0.2, 0) is 6.42 Å². The van der Waals surface area contributed by atoms with Gasteiger partial charge in [0.05, 0.1) is 12.7 Å². The number of methoxy groups -OCH3 is 1. The van der Waals surface area contributed by atoms with Gasteiger partial charge in [-0.2, -0.15) is 0 Å². The van der Waals surface area contributed by atoms with Gasteiger partial charge in [-0.1, -0.05) is 6.08 Å². The lowest BCUT2D eigenvalue weighted by Gasteiger charge is -2.11. The van der Waals surface area contributed by atoms with Gasteiger partial charge >= 0.3 is 11.9 Å². The fourth-order valence-corrected chi connectivity index (χ4v) is 1.52. The van der Waals surface area contributed by atoms with E-state index in [1.54, 1.807) is 6.08 Å². The summed E-state index contributed by atoms with van der Waals surface area (Å²) in [5, 5.41) is 17.9. The van der Waals surface area contributed by atoms with Crippen LogP contribution in [0.1, 0.15) is 26.3 Å². The zero-order valence-corrected chi connectivity index (χ0v) is 9.27. The Labute approximate surface area is 98.0 Å². The summed E-state index contributed by atoms with van der Waals surface area (Å²) in [5.41, 5.74) is 0.240. The van der Waals surface area contributed by atoms with Crippen LogP contribution in [0.5, 0.6) is 5.75 Å². The van der Waals surface area contributed by atoms with Crippen LogP contribution in [0.3, 0.4) is 0 Å². The minimum absolute atomic E-state index is 0.0833. The first-order chi connectivity index (χ1) is 8.01. The maximum absolute atomic E-state index is 11.0. The molecule has 2 N–H and O–H groups in total. The molecule has 1 aromatic carbocycles. The second-order valence-electron chi connectivity index (χ2n) is 3.32. The highest BCUT2D eigenvalue weighted by atomic mass is 16.5. The molecule has 5 heteroatoms. The summed E-state index contributed by atoms with van der Waals surface area (Å²) >= 11 is 0. The molecule has 17 heavy (non-hydrogen) atoms. The molecule has 0 atom stereocenters. The normalized spacial score (nSPS) is 9.71. The number of carboxylic acid groups (broad SMARTS) is 2. The van der Waals surface area contributed by atoms with E-state index in [0.29, 0.717) is 12.0 Å². The van der Waals surface area contributed by atoms with E-state index in [4.69, 9.17) is 14.9 Å². The molecular formula is C12H12O5. The molecule has 0 aliphatic carbocycles. The average Bonchev–Trinajstić information content (AvgIpc) is 2.28. The first-order valence-electron chi connectivity index (χ1n) is 4.79. The molecule has 0 fully saturated rings. The van der Waals surface area contributed by atoms with E-state index in [1.807, 2.05) is 0 Å². The van der Waals surface area contributed by atoms with Gasteiger partial charge in [0.15, 0.2) is 0 Å². The number of rotatable bonds is 5. The Hall–Kier alpha value is -2.30. The predicted molar refractivity (Wildman–Crippen MR) is 60.8 cm³/mol. The van der Waals surface area contributed by atoms with Crippen molar-refractivity contribution >= 4 is 11.9 Å². The number of hydrogen-bond donors (Lipinski definition) is 2. The summed E-state index contributed by atoms with van der Waals surface area (Å²) in [6, 6.07) is 2.46. The van der Waals surface area contributed by atoms with Crippen molar-refractivity contribution in [1.29, 1.82) is 0 Å². The fraction of sp³-hybridized carbons (Fsp3) is 0.167. The highest BCUT2D eigenvalue weighted by Gasteiger charge is 2.18. The molecule has 0 aromatic heterocycles. The zero-order valence-electron chi connectivity index (χ0n) is 9.27. The zero-order chi connectivity index (χ0) is 13.0. The lowest BCUT2D eigenvalue weighted by molar-refractivity contribution is 0.0693. The molecule has 0 aliphatic heterocycles. The molecule has 90 valence electrons. The Morgan fingerprint density at radius 1 is 1.35 bits per heavy atom. The van der Waals surface area contributed by atoms with Gasteiger partial charge in [0.2, 0.25) is 0 Å². The summed E-state index contributed by atoms with van der Waals surface area (Å²) in [4.78, 5) is 21.9. The second kappa shape index (κ2) is 5.16. The van der Waals surface area contributed by atoms with Crippen molar-refractivity contribution in [3.63, 3.8) is 0 Å². The number of benzene rings is 1. The van der Waals surface area contributed by atoms with Crippen molar-refractivity contribution in [3.05, 3.63) is 41.5 Å². The Balaban J connectivity index is 3.50. The first kappa shape index (κ1) is 12.8. The fourth-order valence-electron chi connectivity index (χ4n) is 1.52. The predicted octanol–water partition coefficient (Wildman–Crippen LogP) is 1.82. The third kappa shape index (κ3) is 2.63. The number of allylic oxidation sites excluding steroid dienone is 1. The van der Waals surface area contributed by atoms with E-state index >= 15 is 0 Å². The third-order valence-corrected chi connectivity index (χ3v) is 2.21. The average molecular weight is 236 g/mol. The van der Waals surface area contributed by atoms with Crippen LogP contribution in [0.4, 0.5) is 0 Å². The Morgan fingerprint density at radius 2 is 2.00 bits per heavy atom. The number of ether oxygens (including phenoxy) is 1. The smallest absolute Gasteiger partial charge is 0.339 e. The molecule has 0 saturated carbocycles. The molecule has 0 spiro atoms. The lowest BCUT2D eigenvalue weighted by atomic mass is 10.0. The lowest BCUT2D eigenvalue weighted by Crippen LogP contribution is -2.07. The van der Waals surface area contributed by atoms with Gasteiger partial charge in [-0.15, -0.1) is 6.58 Å². The van der Waals surface area contributed by atoms with Crippen LogP contribution in [-0.4, -0.2) is 29.3 Å². The van der Waals surface area contributed by atoms with Crippen LogP contribution in [0.25, 0.3) is 0 Å². The van der Waals surface area contributed by atoms with Crippen LogP contribution < -0.4 is 4.74 Å². The van der Waals surface area contributed by atoms with E-state index < -0.39 is 11.9 Å². The van der Waals surface area contributed by atoms with E-state index in [1.165, 1.54) is 13.2 Å². The maximum atomic E-state index is 11.0. The standard InChI is InChI=1S/C12H12O5/c1-3-4-7-5-8(11(13)14)6-9(12(15)16)10(7)17-2/h3,5-6H,1,4H2,2H3,(H,13,14)(H,15,16). The van der Waals surface area contributed by atoms with Crippen molar-refractivity contribution in [1.82, 2.24) is 0 Å². The van der Waals surface area contributed by atoms with Crippen molar-refractivity contribution in [3.8, 4) is 5.75 Å². The number of carboxylic acids is 2. The molecular weight excluding hydrogens is 224 g/mol. The van der Waals surface area contributed by atoms with Gasteiger partial charge in [0.25, 0.3) is 0 Å². The summed E-state index contributed by atoms with van der Waals surface area (Å²) < 4.78 is 5.00. The summed E-state index contributed by atoms with van der Waals surface area (Å²) in [6.45, 7) is 3.53. The highest BCUT2D eigenvalue weighted by Crippen LogP contribution is 2.26. The molecule has 0 unspecified atom stereocenters. The summed E-state index contributed by atoms with van der Waals surface area (Å²) in [6.07, 6.45) is 1.89. The Morgan fingerprint density at radius 3 is 2.41 bits per heavy atom. The topological polar surface area (TPSA) is 83.8 Å². The quantitative estimate of drug-likeness (QED) is 0.762. The number of hydrogen-bond acceptors (Lipinski definition) is 3. The van der Waals surface area contributed by atoms with Crippen LogP contribution in [0.15, 0.2) is 24.8 Å². The van der Waals surface area contributed by atoms with E-state index in [0.717, 1.165) is 6.07 Å². The number of carbonyl (C=O) groups is 2. The van der Waals surface area contributed by atoms with Gasteiger partial charge < -0.3 is 14.9 Å². The molecule has 0 amide bonds. The largest absolute Gasteiger partial charge is 0.496 e. The SMILES string of the molecule is C=CCc1cc(C(=O)O)cc(C(=O)O)c1OC. The Kier molecular flexibility index (Phi) is 3.87. The van der Waals surface area contributed by atoms with Gasteiger partial charge in [-0.25, -0.2) is 9.59 Å². The van der Waals surface area contributed by atoms with Crippen molar-refractivity contribution in [2.24, 2.45) is 0 Å². The minimum atomic E-state index is -1.23. The maximum Gasteiger partial charge on any atom is 0.339 e. The van der Waals surface area contributed by atoms with Gasteiger partial charge in [0.1, 0.15) is 11.3 Å². The van der Waals surface area contributed by atoms with Crippen molar-refractivity contribution in [2.45, 2.75) is 6.42 Å². The molecule has 0 aliphatic rings. The highest BCUT2D eigenvalue weighted by molar-refractivity contribution is 5.96. The van der Waals surface area contributed by atoms with Crippen LogP contribution >= 0.6 is 0 Å². The molecule has 5 nitrogen and oxygen atoms in total. The molecule has 1 rings (SSSR count).